The van der Waals surface area contributed by atoms with Gasteiger partial charge < -0.3 is 10.1 Å². The van der Waals surface area contributed by atoms with Crippen LogP contribution in [0.3, 0.4) is 0 Å². The fraction of sp³-hybridized carbons (Fsp3) is 0.133. The molecule has 110 valence electrons. The number of esters is 1. The molecular weight excluding hydrogens is 344 g/mol. The maximum Gasteiger partial charge on any atom is 0.332 e. The van der Waals surface area contributed by atoms with Gasteiger partial charge in [0.2, 0.25) is 0 Å². The molecule has 0 radical (unpaired) electrons. The monoisotopic (exact) mass is 355 g/mol. The van der Waals surface area contributed by atoms with Gasteiger partial charge in [0.15, 0.2) is 6.04 Å². The van der Waals surface area contributed by atoms with Crippen molar-refractivity contribution in [3.63, 3.8) is 0 Å². The van der Waals surface area contributed by atoms with Crippen LogP contribution in [0, 0.1) is 11.6 Å². The van der Waals surface area contributed by atoms with Crippen LogP contribution in [-0.4, -0.2) is 13.1 Å². The van der Waals surface area contributed by atoms with Crippen molar-refractivity contribution < 1.29 is 18.3 Å². The summed E-state index contributed by atoms with van der Waals surface area (Å²) >= 11 is 3.05. The van der Waals surface area contributed by atoms with Gasteiger partial charge in [0.1, 0.15) is 11.6 Å². The Morgan fingerprint density at radius 3 is 2.62 bits per heavy atom. The van der Waals surface area contributed by atoms with Crippen molar-refractivity contribution in [2.45, 2.75) is 6.04 Å². The minimum absolute atomic E-state index is 0.292. The Morgan fingerprint density at radius 1 is 1.24 bits per heavy atom. The lowest BCUT2D eigenvalue weighted by atomic mass is 10.1. The van der Waals surface area contributed by atoms with Crippen molar-refractivity contribution in [2.24, 2.45) is 0 Å². The first-order valence-corrected chi connectivity index (χ1v) is 6.85. The van der Waals surface area contributed by atoms with Gasteiger partial charge in [-0.15, -0.1) is 0 Å². The quantitative estimate of drug-likeness (QED) is 0.840. The Morgan fingerprint density at radius 2 is 2.00 bits per heavy atom. The number of rotatable bonds is 4. The van der Waals surface area contributed by atoms with Crippen LogP contribution in [-0.2, 0) is 9.53 Å². The summed E-state index contributed by atoms with van der Waals surface area (Å²) in [5.41, 5.74) is 0.778. The third-order valence-electron chi connectivity index (χ3n) is 2.85. The summed E-state index contributed by atoms with van der Waals surface area (Å²) < 4.78 is 31.8. The normalized spacial score (nSPS) is 11.8. The molecule has 0 fully saturated rings. The van der Waals surface area contributed by atoms with Gasteiger partial charge in [-0.3, -0.25) is 0 Å². The van der Waals surface area contributed by atoms with Crippen LogP contribution in [0.25, 0.3) is 0 Å². The fourth-order valence-electron chi connectivity index (χ4n) is 1.83. The van der Waals surface area contributed by atoms with Crippen molar-refractivity contribution in [3.8, 4) is 0 Å². The highest BCUT2D eigenvalue weighted by molar-refractivity contribution is 9.10. The smallest absolute Gasteiger partial charge is 0.332 e. The Balaban J connectivity index is 2.34. The topological polar surface area (TPSA) is 38.3 Å². The van der Waals surface area contributed by atoms with E-state index in [2.05, 4.69) is 21.2 Å². The van der Waals surface area contributed by atoms with Crippen molar-refractivity contribution >= 4 is 27.6 Å². The van der Waals surface area contributed by atoms with Crippen molar-refractivity contribution in [1.82, 2.24) is 0 Å². The van der Waals surface area contributed by atoms with Gasteiger partial charge in [-0.1, -0.05) is 12.1 Å². The zero-order valence-electron chi connectivity index (χ0n) is 11.1. The molecule has 0 spiro atoms. The average molecular weight is 356 g/mol. The predicted octanol–water partition coefficient (Wildman–Crippen LogP) is 4.05. The molecule has 0 heterocycles. The van der Waals surface area contributed by atoms with E-state index in [-0.39, 0.29) is 0 Å². The van der Waals surface area contributed by atoms with E-state index >= 15 is 0 Å². The number of benzene rings is 2. The summed E-state index contributed by atoms with van der Waals surface area (Å²) in [5.74, 6) is -1.53. The van der Waals surface area contributed by atoms with Crippen molar-refractivity contribution in [1.29, 1.82) is 0 Å². The van der Waals surface area contributed by atoms with Crippen LogP contribution >= 0.6 is 15.9 Å². The molecule has 0 amide bonds. The number of nitrogens with one attached hydrogen (secondary N) is 1. The largest absolute Gasteiger partial charge is 0.467 e. The van der Waals surface area contributed by atoms with Gasteiger partial charge >= 0.3 is 5.97 Å². The first kappa shape index (κ1) is 15.4. The van der Waals surface area contributed by atoms with Crippen molar-refractivity contribution in [3.05, 3.63) is 64.1 Å². The van der Waals surface area contributed by atoms with Crippen LogP contribution < -0.4 is 5.32 Å². The van der Waals surface area contributed by atoms with E-state index < -0.39 is 23.6 Å². The van der Waals surface area contributed by atoms with Gasteiger partial charge in [-0.25, -0.2) is 13.6 Å². The van der Waals surface area contributed by atoms with E-state index in [1.807, 2.05) is 0 Å². The molecule has 21 heavy (non-hydrogen) atoms. The Hall–Kier alpha value is -1.95. The molecule has 2 rings (SSSR count). The number of carbonyl (C=O) groups excluding carboxylic acids is 1. The Kier molecular flexibility index (Phi) is 4.90. The first-order valence-electron chi connectivity index (χ1n) is 6.06. The summed E-state index contributed by atoms with van der Waals surface area (Å²) in [7, 11) is 1.23. The number of ether oxygens (including phenoxy) is 1. The molecule has 0 aliphatic carbocycles. The molecule has 0 aliphatic heterocycles. The van der Waals surface area contributed by atoms with Crippen molar-refractivity contribution in [2.75, 3.05) is 12.4 Å². The lowest BCUT2D eigenvalue weighted by molar-refractivity contribution is -0.141. The molecule has 0 bridgehead atoms. The standard InChI is InChI=1S/C15H12BrF2NO2/c1-21-15(20)14(9-5-6-12(16)13(18)7-9)19-11-4-2-3-10(17)8-11/h2-8,14,19H,1H3. The average Bonchev–Trinajstić information content (AvgIpc) is 2.47. The summed E-state index contributed by atoms with van der Waals surface area (Å²) in [4.78, 5) is 11.9. The molecule has 0 aliphatic rings. The molecule has 1 N–H and O–H groups in total. The summed E-state index contributed by atoms with van der Waals surface area (Å²) in [6, 6.07) is 9.01. The van der Waals surface area contributed by atoms with Gasteiger partial charge in [0.25, 0.3) is 0 Å². The molecule has 0 saturated heterocycles. The van der Waals surface area contributed by atoms with Crippen LogP contribution in [0.2, 0.25) is 0 Å². The van der Waals surface area contributed by atoms with E-state index in [1.165, 1.54) is 37.4 Å². The zero-order valence-corrected chi connectivity index (χ0v) is 12.7. The third-order valence-corrected chi connectivity index (χ3v) is 3.49. The number of hydrogen-bond donors (Lipinski definition) is 1. The van der Waals surface area contributed by atoms with E-state index in [9.17, 15) is 13.6 Å². The maximum atomic E-state index is 13.6. The second kappa shape index (κ2) is 6.67. The second-order valence-electron chi connectivity index (χ2n) is 4.28. The Labute approximate surface area is 129 Å². The van der Waals surface area contributed by atoms with Crippen LogP contribution in [0.1, 0.15) is 11.6 Å². The third kappa shape index (κ3) is 3.78. The van der Waals surface area contributed by atoms with E-state index in [1.54, 1.807) is 12.1 Å². The Bertz CT molecular complexity index is 664. The van der Waals surface area contributed by atoms with Crippen LogP contribution in [0.5, 0.6) is 0 Å². The van der Waals surface area contributed by atoms with Gasteiger partial charge in [-0.05, 0) is 51.8 Å². The lowest BCUT2D eigenvalue weighted by Crippen LogP contribution is -2.22. The molecule has 3 nitrogen and oxygen atoms in total. The number of anilines is 1. The molecule has 6 heteroatoms. The molecule has 0 aromatic heterocycles. The molecule has 1 atom stereocenters. The maximum absolute atomic E-state index is 13.6. The number of methoxy groups -OCH3 is 1. The molecule has 1 unspecified atom stereocenters. The lowest BCUT2D eigenvalue weighted by Gasteiger charge is -2.18. The van der Waals surface area contributed by atoms with Crippen LogP contribution in [0.15, 0.2) is 46.9 Å². The minimum atomic E-state index is -0.931. The van der Waals surface area contributed by atoms with Crippen LogP contribution in [0.4, 0.5) is 14.5 Å². The SMILES string of the molecule is COC(=O)C(Nc1cccc(F)c1)c1ccc(Br)c(F)c1. The first-order chi connectivity index (χ1) is 10.0. The van der Waals surface area contributed by atoms with Gasteiger partial charge in [0.05, 0.1) is 11.6 Å². The van der Waals surface area contributed by atoms with E-state index in [4.69, 9.17) is 4.74 Å². The number of carbonyl (C=O) groups is 1. The highest BCUT2D eigenvalue weighted by atomic mass is 79.9. The highest BCUT2D eigenvalue weighted by Gasteiger charge is 2.22. The molecular formula is C15H12BrF2NO2. The zero-order chi connectivity index (χ0) is 15.4. The number of hydrogen-bond acceptors (Lipinski definition) is 3. The van der Waals surface area contributed by atoms with Gasteiger partial charge in [0, 0.05) is 5.69 Å². The van der Waals surface area contributed by atoms with E-state index in [0.717, 1.165) is 0 Å². The van der Waals surface area contributed by atoms with E-state index in [0.29, 0.717) is 15.7 Å². The predicted molar refractivity (Wildman–Crippen MR) is 78.9 cm³/mol. The molecule has 2 aromatic rings. The molecule has 2 aromatic carbocycles. The van der Waals surface area contributed by atoms with Gasteiger partial charge in [-0.2, -0.15) is 0 Å². The highest BCUT2D eigenvalue weighted by Crippen LogP contribution is 2.25. The summed E-state index contributed by atoms with van der Waals surface area (Å²) in [5, 5.41) is 2.84. The molecule has 0 saturated carbocycles. The summed E-state index contributed by atoms with van der Waals surface area (Å²) in [6.07, 6.45) is 0. The second-order valence-corrected chi connectivity index (χ2v) is 5.14. The minimum Gasteiger partial charge on any atom is -0.467 e. The number of halogens is 3. The fourth-order valence-corrected chi connectivity index (χ4v) is 2.08. The summed E-state index contributed by atoms with van der Waals surface area (Å²) in [6.45, 7) is 0.